The zero-order valence-corrected chi connectivity index (χ0v) is 16.6. The Morgan fingerprint density at radius 3 is 2.46 bits per heavy atom. The highest BCUT2D eigenvalue weighted by Gasteiger charge is 2.33. The number of ether oxygens (including phenoxy) is 1. The molecule has 0 saturated heterocycles. The fourth-order valence-electron chi connectivity index (χ4n) is 2.09. The fourth-order valence-corrected chi connectivity index (χ4v) is 3.21. The third kappa shape index (κ3) is 10.6. The molecular formula is C17H31F3N4OS. The van der Waals surface area contributed by atoms with Crippen molar-refractivity contribution < 1.29 is 17.9 Å². The molecule has 0 saturated carbocycles. The van der Waals surface area contributed by atoms with E-state index in [0.29, 0.717) is 26.1 Å². The van der Waals surface area contributed by atoms with Gasteiger partial charge in [0.15, 0.2) is 0 Å². The smallest absolute Gasteiger partial charge is 0.403 e. The third-order valence-electron chi connectivity index (χ3n) is 3.19. The summed E-state index contributed by atoms with van der Waals surface area (Å²) in [6.45, 7) is 6.73. The number of hydrogen-bond acceptors (Lipinski definition) is 6. The minimum absolute atomic E-state index is 0.488. The first-order valence-electron chi connectivity index (χ1n) is 8.67. The highest BCUT2D eigenvalue weighted by Crippen LogP contribution is 2.37. The van der Waals surface area contributed by atoms with Crippen LogP contribution in [-0.2, 0) is 23.8 Å². The topological polar surface area (TPSA) is 76.5 Å². The Balaban J connectivity index is 0.000000667. The normalized spacial score (nSPS) is 15.7. The molecule has 0 amide bonds. The van der Waals surface area contributed by atoms with Gasteiger partial charge in [0.1, 0.15) is 4.88 Å². The number of hydrazine groups is 1. The maximum atomic E-state index is 12.7. The van der Waals surface area contributed by atoms with Crippen LogP contribution in [-0.4, -0.2) is 38.4 Å². The molecule has 0 atom stereocenters. The summed E-state index contributed by atoms with van der Waals surface area (Å²) in [6, 6.07) is 1.29. The van der Waals surface area contributed by atoms with Crippen molar-refractivity contribution >= 4 is 11.3 Å². The van der Waals surface area contributed by atoms with Crippen LogP contribution in [0.5, 0.6) is 0 Å². The van der Waals surface area contributed by atoms with E-state index in [1.165, 1.54) is 17.3 Å². The van der Waals surface area contributed by atoms with E-state index in [9.17, 15) is 13.2 Å². The number of thiophene rings is 1. The largest absolute Gasteiger partial charge is 0.425 e. The van der Waals surface area contributed by atoms with E-state index in [1.54, 1.807) is 13.2 Å². The van der Waals surface area contributed by atoms with E-state index < -0.39 is 11.1 Å². The number of nitrogens with one attached hydrogen (secondary N) is 1. The molecule has 5 nitrogen and oxygen atoms in total. The SMILES string of the molecule is CC.CN(N)/C=C\N.FC(F)(F)c1cc2c(s1)CCCNCCOCC2. The summed E-state index contributed by atoms with van der Waals surface area (Å²) in [5.74, 6) is 5.07. The Kier molecular flexibility index (Phi) is 13.2. The number of aryl methyl sites for hydroxylation is 1. The molecule has 0 bridgehead atoms. The van der Waals surface area contributed by atoms with Gasteiger partial charge in [-0.15, -0.1) is 11.3 Å². The minimum Gasteiger partial charge on any atom is -0.403 e. The lowest BCUT2D eigenvalue weighted by atomic mass is 10.1. The van der Waals surface area contributed by atoms with Crippen molar-refractivity contribution in [2.24, 2.45) is 11.6 Å². The van der Waals surface area contributed by atoms with E-state index in [2.05, 4.69) is 5.32 Å². The number of nitrogens with two attached hydrogens (primary N) is 2. The summed E-state index contributed by atoms with van der Waals surface area (Å²) in [4.78, 5) is 0.368. The molecule has 1 aromatic rings. The summed E-state index contributed by atoms with van der Waals surface area (Å²) in [5, 5.41) is 4.58. The molecule has 0 aromatic carbocycles. The lowest BCUT2D eigenvalue weighted by molar-refractivity contribution is -0.134. The predicted octanol–water partition coefficient (Wildman–Crippen LogP) is 3.11. The Labute approximate surface area is 158 Å². The molecule has 0 fully saturated rings. The van der Waals surface area contributed by atoms with E-state index in [0.717, 1.165) is 41.3 Å². The second kappa shape index (κ2) is 13.9. The Bertz CT molecular complexity index is 477. The van der Waals surface area contributed by atoms with Crippen LogP contribution in [0.3, 0.4) is 0 Å². The maximum absolute atomic E-state index is 12.7. The molecule has 1 aliphatic heterocycles. The van der Waals surface area contributed by atoms with Crippen LogP contribution >= 0.6 is 11.3 Å². The molecule has 1 aromatic heterocycles. The second-order valence-corrected chi connectivity index (χ2v) is 6.42. The van der Waals surface area contributed by atoms with Crippen molar-refractivity contribution in [2.75, 3.05) is 33.4 Å². The highest BCUT2D eigenvalue weighted by molar-refractivity contribution is 7.12. The van der Waals surface area contributed by atoms with Crippen molar-refractivity contribution in [1.29, 1.82) is 0 Å². The van der Waals surface area contributed by atoms with Crippen molar-refractivity contribution in [2.45, 2.75) is 39.3 Å². The molecule has 2 heterocycles. The molecule has 0 spiro atoms. The van der Waals surface area contributed by atoms with Gasteiger partial charge in [0.25, 0.3) is 0 Å². The number of fused-ring (bicyclic) bond motifs is 1. The summed E-state index contributed by atoms with van der Waals surface area (Å²) in [5.41, 5.74) is 5.73. The molecule has 26 heavy (non-hydrogen) atoms. The van der Waals surface area contributed by atoms with Crippen molar-refractivity contribution in [3.05, 3.63) is 33.8 Å². The zero-order chi connectivity index (χ0) is 20.0. The molecule has 9 heteroatoms. The first-order valence-corrected chi connectivity index (χ1v) is 9.49. The summed E-state index contributed by atoms with van der Waals surface area (Å²) < 4.78 is 43.4. The van der Waals surface area contributed by atoms with E-state index in [4.69, 9.17) is 16.3 Å². The average molecular weight is 397 g/mol. The van der Waals surface area contributed by atoms with Crippen molar-refractivity contribution in [3.8, 4) is 0 Å². The van der Waals surface area contributed by atoms with E-state index in [1.807, 2.05) is 13.8 Å². The van der Waals surface area contributed by atoms with Gasteiger partial charge in [0.2, 0.25) is 0 Å². The lowest BCUT2D eigenvalue weighted by Gasteiger charge is -2.03. The van der Waals surface area contributed by atoms with Crippen LogP contribution in [0.25, 0.3) is 0 Å². The Morgan fingerprint density at radius 1 is 1.23 bits per heavy atom. The molecule has 0 unspecified atom stereocenters. The van der Waals surface area contributed by atoms with Gasteiger partial charge in [-0.25, -0.2) is 5.84 Å². The van der Waals surface area contributed by atoms with Crippen LogP contribution in [0.4, 0.5) is 13.2 Å². The molecule has 5 N–H and O–H groups in total. The highest BCUT2D eigenvalue weighted by atomic mass is 32.1. The minimum atomic E-state index is -4.23. The van der Waals surface area contributed by atoms with Gasteiger partial charge in [-0.1, -0.05) is 13.8 Å². The Morgan fingerprint density at radius 2 is 1.92 bits per heavy atom. The van der Waals surface area contributed by atoms with Gasteiger partial charge in [0.05, 0.1) is 13.2 Å². The number of alkyl halides is 3. The van der Waals surface area contributed by atoms with Gasteiger partial charge >= 0.3 is 6.18 Å². The molecule has 0 radical (unpaired) electrons. The summed E-state index contributed by atoms with van der Waals surface area (Å²) >= 11 is 0.879. The quantitative estimate of drug-likeness (QED) is 0.502. The van der Waals surface area contributed by atoms with Gasteiger partial charge < -0.3 is 20.8 Å². The van der Waals surface area contributed by atoms with Crippen LogP contribution in [0, 0.1) is 0 Å². The van der Waals surface area contributed by atoms with Gasteiger partial charge in [0, 0.05) is 30.9 Å². The van der Waals surface area contributed by atoms with E-state index in [-0.39, 0.29) is 0 Å². The predicted molar refractivity (Wildman–Crippen MR) is 102 cm³/mol. The monoisotopic (exact) mass is 396 g/mol. The van der Waals surface area contributed by atoms with Crippen molar-refractivity contribution in [1.82, 2.24) is 10.3 Å². The van der Waals surface area contributed by atoms with Crippen LogP contribution in [0.2, 0.25) is 0 Å². The van der Waals surface area contributed by atoms with Gasteiger partial charge in [-0.05, 0) is 37.4 Å². The average Bonchev–Trinajstić information content (AvgIpc) is 2.97. The zero-order valence-electron chi connectivity index (χ0n) is 15.7. The number of nitrogens with zero attached hydrogens (tertiary/aromatic N) is 1. The molecular weight excluding hydrogens is 365 g/mol. The lowest BCUT2D eigenvalue weighted by Crippen LogP contribution is -2.21. The Hall–Kier alpha value is -1.29. The number of halogens is 3. The van der Waals surface area contributed by atoms with Crippen LogP contribution in [0.15, 0.2) is 18.5 Å². The molecule has 152 valence electrons. The number of rotatable bonds is 1. The fraction of sp³-hybridized carbons (Fsp3) is 0.647. The van der Waals surface area contributed by atoms with Gasteiger partial charge in [-0.3, -0.25) is 0 Å². The second-order valence-electron chi connectivity index (χ2n) is 5.28. The van der Waals surface area contributed by atoms with Crippen LogP contribution < -0.4 is 16.9 Å². The molecule has 2 rings (SSSR count). The maximum Gasteiger partial charge on any atom is 0.425 e. The van der Waals surface area contributed by atoms with Crippen molar-refractivity contribution in [3.63, 3.8) is 0 Å². The first-order chi connectivity index (χ1) is 12.3. The molecule has 0 aliphatic carbocycles. The van der Waals surface area contributed by atoms with Crippen LogP contribution in [0.1, 0.15) is 35.6 Å². The first kappa shape index (κ1) is 24.7. The van der Waals surface area contributed by atoms with Gasteiger partial charge in [-0.2, -0.15) is 13.2 Å². The summed E-state index contributed by atoms with van der Waals surface area (Å²) in [7, 11) is 1.70. The standard InChI is InChI=1S/C12H16F3NOS.C3H9N3.C2H6/c13-12(14,15)11-8-9-3-6-17-7-5-16-4-1-2-10(9)18-11;1-6(5)3-2-4;1-2/h8,16H,1-7H2;2-3H,4-5H2,1H3;1-2H3/b;3-2-;. The third-order valence-corrected chi connectivity index (χ3v) is 4.48. The van der Waals surface area contributed by atoms with E-state index >= 15 is 0 Å². The number of hydrogen-bond donors (Lipinski definition) is 3. The molecule has 1 aliphatic rings. The summed E-state index contributed by atoms with van der Waals surface area (Å²) in [6.07, 6.45) is 0.851.